The Kier molecular flexibility index (Phi) is 6.57. The average Bonchev–Trinajstić information content (AvgIpc) is 3.28. The van der Waals surface area contributed by atoms with Crippen molar-refractivity contribution in [1.29, 1.82) is 0 Å². The van der Waals surface area contributed by atoms with Crippen LogP contribution in [0.3, 0.4) is 0 Å². The van der Waals surface area contributed by atoms with Crippen LogP contribution in [0.15, 0.2) is 40.8 Å². The lowest BCUT2D eigenvalue weighted by Crippen LogP contribution is -2.38. The SMILES string of the molecule is Cc1cc2c(cc(C(=O)NCCCN3CCOCC3)n2Cc2cccc(C(F)(F)F)c2)o1. The van der Waals surface area contributed by atoms with Gasteiger partial charge in [-0.1, -0.05) is 12.1 Å². The number of benzene rings is 1. The number of alkyl halides is 3. The molecule has 0 atom stereocenters. The molecule has 0 radical (unpaired) electrons. The van der Waals surface area contributed by atoms with Crippen LogP contribution >= 0.6 is 0 Å². The van der Waals surface area contributed by atoms with Gasteiger partial charge in [0.25, 0.3) is 5.91 Å². The standard InChI is InChI=1S/C23H26F3N3O3/c1-16-12-19-21(32-16)14-20(22(30)27-6-3-7-28-8-10-31-11-9-28)29(19)15-17-4-2-5-18(13-17)23(24,25)26/h2,4-5,12-14H,3,6-11,15H2,1H3,(H,27,30). The Labute approximate surface area is 183 Å². The molecule has 172 valence electrons. The van der Waals surface area contributed by atoms with Gasteiger partial charge in [0.05, 0.1) is 24.3 Å². The summed E-state index contributed by atoms with van der Waals surface area (Å²) in [5.74, 6) is 0.397. The van der Waals surface area contributed by atoms with Gasteiger partial charge in [0.15, 0.2) is 5.58 Å². The molecule has 1 aromatic carbocycles. The number of nitrogens with one attached hydrogen (secondary N) is 1. The first-order chi connectivity index (χ1) is 15.3. The molecule has 6 nitrogen and oxygen atoms in total. The summed E-state index contributed by atoms with van der Waals surface area (Å²) in [6, 6.07) is 8.59. The van der Waals surface area contributed by atoms with Crippen molar-refractivity contribution in [3.05, 3.63) is 59.0 Å². The number of fused-ring (bicyclic) bond motifs is 1. The molecule has 1 aliphatic heterocycles. The van der Waals surface area contributed by atoms with Gasteiger partial charge in [-0.3, -0.25) is 9.69 Å². The number of carbonyl (C=O) groups is 1. The summed E-state index contributed by atoms with van der Waals surface area (Å²) in [5, 5.41) is 2.93. The van der Waals surface area contributed by atoms with E-state index in [9.17, 15) is 18.0 Å². The summed E-state index contributed by atoms with van der Waals surface area (Å²) in [6.45, 7) is 6.54. The van der Waals surface area contributed by atoms with Gasteiger partial charge in [-0.15, -0.1) is 0 Å². The molecule has 1 fully saturated rings. The zero-order valence-electron chi connectivity index (χ0n) is 17.9. The van der Waals surface area contributed by atoms with Gasteiger partial charge < -0.3 is 19.0 Å². The predicted molar refractivity (Wildman–Crippen MR) is 114 cm³/mol. The van der Waals surface area contributed by atoms with Gasteiger partial charge in [0, 0.05) is 38.3 Å². The molecule has 3 aromatic rings. The van der Waals surface area contributed by atoms with E-state index in [-0.39, 0.29) is 12.5 Å². The number of furan rings is 1. The summed E-state index contributed by atoms with van der Waals surface area (Å²) >= 11 is 0. The van der Waals surface area contributed by atoms with Crippen LogP contribution in [0.5, 0.6) is 0 Å². The Balaban J connectivity index is 1.49. The van der Waals surface area contributed by atoms with Crippen molar-refractivity contribution in [1.82, 2.24) is 14.8 Å². The molecule has 1 N–H and O–H groups in total. The number of hydrogen-bond acceptors (Lipinski definition) is 4. The summed E-state index contributed by atoms with van der Waals surface area (Å²) < 4.78 is 52.1. The summed E-state index contributed by atoms with van der Waals surface area (Å²) in [4.78, 5) is 15.2. The maximum absolute atomic E-state index is 13.1. The third-order valence-corrected chi connectivity index (χ3v) is 5.58. The van der Waals surface area contributed by atoms with E-state index in [1.165, 1.54) is 6.07 Å². The molecular weight excluding hydrogens is 423 g/mol. The van der Waals surface area contributed by atoms with Gasteiger partial charge >= 0.3 is 6.18 Å². The van der Waals surface area contributed by atoms with Gasteiger partial charge in [-0.05, 0) is 37.6 Å². The molecule has 3 heterocycles. The van der Waals surface area contributed by atoms with Crippen molar-refractivity contribution in [2.75, 3.05) is 39.4 Å². The minimum atomic E-state index is -4.42. The number of amides is 1. The monoisotopic (exact) mass is 449 g/mol. The minimum absolute atomic E-state index is 0.128. The Bertz CT molecular complexity index is 1080. The first-order valence-corrected chi connectivity index (χ1v) is 10.7. The number of halogens is 3. The molecule has 0 bridgehead atoms. The lowest BCUT2D eigenvalue weighted by atomic mass is 10.1. The van der Waals surface area contributed by atoms with E-state index in [1.807, 2.05) is 0 Å². The molecule has 9 heteroatoms. The Morgan fingerprint density at radius 3 is 2.69 bits per heavy atom. The highest BCUT2D eigenvalue weighted by atomic mass is 19.4. The van der Waals surface area contributed by atoms with Gasteiger partial charge in [-0.2, -0.15) is 13.2 Å². The third-order valence-electron chi connectivity index (χ3n) is 5.58. The number of hydrogen-bond donors (Lipinski definition) is 1. The highest BCUT2D eigenvalue weighted by molar-refractivity contribution is 5.97. The van der Waals surface area contributed by atoms with Gasteiger partial charge in [0.1, 0.15) is 11.5 Å². The molecule has 1 amide bonds. The van der Waals surface area contributed by atoms with Gasteiger partial charge in [-0.25, -0.2) is 0 Å². The second kappa shape index (κ2) is 9.38. The lowest BCUT2D eigenvalue weighted by molar-refractivity contribution is -0.137. The second-order valence-electron chi connectivity index (χ2n) is 7.98. The molecular formula is C23H26F3N3O3. The van der Waals surface area contributed by atoms with Crippen molar-refractivity contribution in [2.24, 2.45) is 0 Å². The van der Waals surface area contributed by atoms with Crippen LogP contribution in [0.1, 0.15) is 33.8 Å². The molecule has 0 unspecified atom stereocenters. The van der Waals surface area contributed by atoms with Crippen LogP contribution in [0.2, 0.25) is 0 Å². The fraction of sp³-hybridized carbons (Fsp3) is 0.435. The van der Waals surface area contributed by atoms with Crippen LogP contribution in [0.25, 0.3) is 11.1 Å². The summed E-state index contributed by atoms with van der Waals surface area (Å²) in [5.41, 5.74) is 1.32. The van der Waals surface area contributed by atoms with Crippen molar-refractivity contribution in [3.8, 4) is 0 Å². The first-order valence-electron chi connectivity index (χ1n) is 10.7. The Morgan fingerprint density at radius 1 is 1.16 bits per heavy atom. The van der Waals surface area contributed by atoms with E-state index in [0.29, 0.717) is 34.7 Å². The molecule has 1 saturated heterocycles. The molecule has 1 aliphatic rings. The van der Waals surface area contributed by atoms with Crippen LogP contribution in [-0.4, -0.2) is 54.8 Å². The minimum Gasteiger partial charge on any atom is -0.460 e. The number of rotatable bonds is 7. The maximum atomic E-state index is 13.1. The van der Waals surface area contributed by atoms with E-state index in [1.54, 1.807) is 29.7 Å². The molecule has 2 aromatic heterocycles. The fourth-order valence-corrected chi connectivity index (χ4v) is 3.97. The average molecular weight is 449 g/mol. The second-order valence-corrected chi connectivity index (χ2v) is 7.98. The number of nitrogens with zero attached hydrogens (tertiary/aromatic N) is 2. The van der Waals surface area contributed by atoms with Crippen LogP contribution in [0.4, 0.5) is 13.2 Å². The summed E-state index contributed by atoms with van der Waals surface area (Å²) in [6.07, 6.45) is -3.62. The number of aromatic nitrogens is 1. The smallest absolute Gasteiger partial charge is 0.416 e. The van der Waals surface area contributed by atoms with Crippen LogP contribution in [0, 0.1) is 6.92 Å². The van der Waals surface area contributed by atoms with E-state index in [0.717, 1.165) is 51.4 Å². The number of carbonyl (C=O) groups excluding carboxylic acids is 1. The quantitative estimate of drug-likeness (QED) is 0.553. The predicted octanol–water partition coefficient (Wildman–Crippen LogP) is 4.06. The molecule has 0 spiro atoms. The lowest BCUT2D eigenvalue weighted by Gasteiger charge is -2.26. The highest BCUT2D eigenvalue weighted by Gasteiger charge is 2.30. The molecule has 0 saturated carbocycles. The van der Waals surface area contributed by atoms with E-state index in [4.69, 9.17) is 9.15 Å². The van der Waals surface area contributed by atoms with Crippen molar-refractivity contribution in [2.45, 2.75) is 26.1 Å². The topological polar surface area (TPSA) is 59.6 Å². The number of morpholine rings is 1. The fourth-order valence-electron chi connectivity index (χ4n) is 3.97. The van der Waals surface area contributed by atoms with Crippen LogP contribution in [-0.2, 0) is 17.5 Å². The van der Waals surface area contributed by atoms with Gasteiger partial charge in [0.2, 0.25) is 0 Å². The molecule has 4 rings (SSSR count). The first kappa shape index (κ1) is 22.4. The Hall–Kier alpha value is -2.78. The van der Waals surface area contributed by atoms with E-state index < -0.39 is 11.7 Å². The number of ether oxygens (including phenoxy) is 1. The van der Waals surface area contributed by atoms with Crippen molar-refractivity contribution in [3.63, 3.8) is 0 Å². The van der Waals surface area contributed by atoms with Crippen LogP contribution < -0.4 is 5.32 Å². The van der Waals surface area contributed by atoms with E-state index >= 15 is 0 Å². The zero-order chi connectivity index (χ0) is 22.7. The Morgan fingerprint density at radius 2 is 1.94 bits per heavy atom. The van der Waals surface area contributed by atoms with Crippen molar-refractivity contribution >= 4 is 17.0 Å². The zero-order valence-corrected chi connectivity index (χ0v) is 17.9. The normalized spacial score (nSPS) is 15.4. The molecule has 32 heavy (non-hydrogen) atoms. The third kappa shape index (κ3) is 5.16. The summed E-state index contributed by atoms with van der Waals surface area (Å²) in [7, 11) is 0. The maximum Gasteiger partial charge on any atom is 0.416 e. The number of aryl methyl sites for hydroxylation is 1. The van der Waals surface area contributed by atoms with Crippen molar-refractivity contribution < 1.29 is 27.1 Å². The largest absolute Gasteiger partial charge is 0.460 e. The highest BCUT2D eigenvalue weighted by Crippen LogP contribution is 2.30. The van der Waals surface area contributed by atoms with E-state index in [2.05, 4.69) is 10.2 Å². The molecule has 0 aliphatic carbocycles.